The van der Waals surface area contributed by atoms with Gasteiger partial charge in [0.2, 0.25) is 0 Å². The molecule has 66 valence electrons. The monoisotopic (exact) mass is 200 g/mol. The Morgan fingerprint density at radius 2 is 2.17 bits per heavy atom. The van der Waals surface area contributed by atoms with Gasteiger partial charge in [0, 0.05) is 9.92 Å². The first-order valence-electron chi connectivity index (χ1n) is 4.13. The third-order valence-corrected chi connectivity index (χ3v) is 2.78. The van der Waals surface area contributed by atoms with Crippen LogP contribution in [0.3, 0.4) is 0 Å². The van der Waals surface area contributed by atoms with Crippen molar-refractivity contribution in [2.45, 2.75) is 31.1 Å². The summed E-state index contributed by atoms with van der Waals surface area (Å²) in [5.74, 6) is 0.538. The van der Waals surface area contributed by atoms with Gasteiger partial charge in [-0.1, -0.05) is 25.4 Å². The van der Waals surface area contributed by atoms with Crippen LogP contribution in [0.25, 0.3) is 0 Å². The number of thiol groups is 1. The minimum absolute atomic E-state index is 0.538. The first kappa shape index (κ1) is 9.94. The van der Waals surface area contributed by atoms with E-state index in [0.29, 0.717) is 5.92 Å². The lowest BCUT2D eigenvalue weighted by Gasteiger charge is -2.11. The zero-order valence-corrected chi connectivity index (χ0v) is 8.99. The molecule has 0 spiro atoms. The lowest BCUT2D eigenvalue weighted by molar-refractivity contribution is 0.720. The molecular formula is C10H13ClS. The summed E-state index contributed by atoms with van der Waals surface area (Å²) in [4.78, 5) is 1.04. The highest BCUT2D eigenvalue weighted by molar-refractivity contribution is 7.80. The number of benzene rings is 1. The SMILES string of the molecule is CCC(C)c1cc(Cl)ccc1S. The molecule has 0 N–H and O–H groups in total. The summed E-state index contributed by atoms with van der Waals surface area (Å²) in [7, 11) is 0. The molecule has 1 atom stereocenters. The van der Waals surface area contributed by atoms with E-state index in [-0.39, 0.29) is 0 Å². The third kappa shape index (κ3) is 2.18. The van der Waals surface area contributed by atoms with Gasteiger partial charge in [0.15, 0.2) is 0 Å². The highest BCUT2D eigenvalue weighted by Crippen LogP contribution is 2.27. The smallest absolute Gasteiger partial charge is 0.0409 e. The number of hydrogen-bond donors (Lipinski definition) is 1. The largest absolute Gasteiger partial charge is 0.143 e. The van der Waals surface area contributed by atoms with Gasteiger partial charge in [-0.2, -0.15) is 0 Å². The second-order valence-corrected chi connectivity index (χ2v) is 3.93. The molecule has 0 aliphatic rings. The van der Waals surface area contributed by atoms with Crippen LogP contribution in [0.2, 0.25) is 5.02 Å². The lowest BCUT2D eigenvalue weighted by atomic mass is 9.99. The average Bonchev–Trinajstić information content (AvgIpc) is 2.08. The second kappa shape index (κ2) is 4.20. The predicted octanol–water partition coefficient (Wildman–Crippen LogP) is 4.14. The summed E-state index contributed by atoms with van der Waals surface area (Å²) < 4.78 is 0. The zero-order valence-electron chi connectivity index (χ0n) is 7.34. The Labute approximate surface area is 84.3 Å². The molecule has 0 saturated carbocycles. The van der Waals surface area contributed by atoms with E-state index in [9.17, 15) is 0 Å². The summed E-state index contributed by atoms with van der Waals surface area (Å²) in [6, 6.07) is 5.82. The minimum atomic E-state index is 0.538. The molecule has 0 heterocycles. The maximum atomic E-state index is 5.88. The quantitative estimate of drug-likeness (QED) is 0.682. The van der Waals surface area contributed by atoms with Gasteiger partial charge in [0.1, 0.15) is 0 Å². The van der Waals surface area contributed by atoms with Crippen molar-refractivity contribution in [2.24, 2.45) is 0 Å². The molecule has 0 saturated heterocycles. The molecule has 0 bridgehead atoms. The van der Waals surface area contributed by atoms with Crippen molar-refractivity contribution < 1.29 is 0 Å². The van der Waals surface area contributed by atoms with Crippen LogP contribution < -0.4 is 0 Å². The van der Waals surface area contributed by atoms with E-state index in [2.05, 4.69) is 26.5 Å². The van der Waals surface area contributed by atoms with Crippen molar-refractivity contribution in [3.05, 3.63) is 28.8 Å². The van der Waals surface area contributed by atoms with E-state index in [4.69, 9.17) is 11.6 Å². The van der Waals surface area contributed by atoms with Crippen LogP contribution >= 0.6 is 24.2 Å². The molecule has 12 heavy (non-hydrogen) atoms. The molecule has 1 aromatic rings. The number of rotatable bonds is 2. The molecule has 0 aliphatic carbocycles. The molecule has 1 unspecified atom stereocenters. The molecule has 1 rings (SSSR count). The fraction of sp³-hybridized carbons (Fsp3) is 0.400. The van der Waals surface area contributed by atoms with Gasteiger partial charge in [-0.25, -0.2) is 0 Å². The zero-order chi connectivity index (χ0) is 9.14. The third-order valence-electron chi connectivity index (χ3n) is 2.13. The summed E-state index contributed by atoms with van der Waals surface area (Å²) in [5, 5.41) is 0.795. The Hall–Kier alpha value is -0.140. The van der Waals surface area contributed by atoms with E-state index in [1.54, 1.807) is 0 Å². The lowest BCUT2D eigenvalue weighted by Crippen LogP contribution is -1.92. The van der Waals surface area contributed by atoms with E-state index < -0.39 is 0 Å². The van der Waals surface area contributed by atoms with Crippen molar-refractivity contribution in [1.82, 2.24) is 0 Å². The normalized spacial score (nSPS) is 13.0. The van der Waals surface area contributed by atoms with E-state index in [1.807, 2.05) is 18.2 Å². The first-order valence-corrected chi connectivity index (χ1v) is 4.96. The van der Waals surface area contributed by atoms with Gasteiger partial charge in [-0.15, -0.1) is 12.6 Å². The van der Waals surface area contributed by atoms with Gasteiger partial charge in [0.25, 0.3) is 0 Å². The van der Waals surface area contributed by atoms with Crippen molar-refractivity contribution in [3.63, 3.8) is 0 Å². The van der Waals surface area contributed by atoms with Crippen LogP contribution in [0.1, 0.15) is 31.7 Å². The van der Waals surface area contributed by atoms with Gasteiger partial charge in [-0.05, 0) is 36.1 Å². The molecule has 0 nitrogen and oxygen atoms in total. The molecule has 0 radical (unpaired) electrons. The maximum absolute atomic E-state index is 5.88. The van der Waals surface area contributed by atoms with Crippen LogP contribution in [0.4, 0.5) is 0 Å². The Balaban J connectivity index is 3.04. The van der Waals surface area contributed by atoms with Crippen LogP contribution in [0.15, 0.2) is 23.1 Å². The van der Waals surface area contributed by atoms with Crippen molar-refractivity contribution in [2.75, 3.05) is 0 Å². The van der Waals surface area contributed by atoms with Crippen LogP contribution in [0.5, 0.6) is 0 Å². The summed E-state index contributed by atoms with van der Waals surface area (Å²) in [6.07, 6.45) is 1.12. The van der Waals surface area contributed by atoms with Crippen molar-refractivity contribution in [1.29, 1.82) is 0 Å². The maximum Gasteiger partial charge on any atom is 0.0409 e. The van der Waals surface area contributed by atoms with Gasteiger partial charge in [0.05, 0.1) is 0 Å². The second-order valence-electron chi connectivity index (χ2n) is 3.01. The highest BCUT2D eigenvalue weighted by atomic mass is 35.5. The summed E-state index contributed by atoms with van der Waals surface area (Å²) >= 11 is 10.3. The summed E-state index contributed by atoms with van der Waals surface area (Å²) in [6.45, 7) is 4.35. The topological polar surface area (TPSA) is 0 Å². The molecule has 0 amide bonds. The average molecular weight is 201 g/mol. The van der Waals surface area contributed by atoms with Crippen molar-refractivity contribution in [3.8, 4) is 0 Å². The van der Waals surface area contributed by atoms with Gasteiger partial charge >= 0.3 is 0 Å². The molecule has 1 aromatic carbocycles. The van der Waals surface area contributed by atoms with Crippen LogP contribution in [-0.2, 0) is 0 Å². The minimum Gasteiger partial charge on any atom is -0.143 e. The molecule has 0 aliphatic heterocycles. The highest BCUT2D eigenvalue weighted by Gasteiger charge is 2.06. The predicted molar refractivity (Wildman–Crippen MR) is 57.4 cm³/mol. The van der Waals surface area contributed by atoms with Gasteiger partial charge in [-0.3, -0.25) is 0 Å². The molecule has 0 aromatic heterocycles. The van der Waals surface area contributed by atoms with Crippen LogP contribution in [0, 0.1) is 0 Å². The fourth-order valence-corrected chi connectivity index (χ4v) is 1.68. The fourth-order valence-electron chi connectivity index (χ4n) is 1.14. The van der Waals surface area contributed by atoms with E-state index in [1.165, 1.54) is 5.56 Å². The van der Waals surface area contributed by atoms with Gasteiger partial charge < -0.3 is 0 Å². The molecular weight excluding hydrogens is 188 g/mol. The van der Waals surface area contributed by atoms with Crippen molar-refractivity contribution >= 4 is 24.2 Å². The molecule has 0 fully saturated rings. The van der Waals surface area contributed by atoms with E-state index in [0.717, 1.165) is 16.3 Å². The standard InChI is InChI=1S/C10H13ClS/c1-3-7(2)9-6-8(11)4-5-10(9)12/h4-7,12H,3H2,1-2H3. The summed E-state index contributed by atoms with van der Waals surface area (Å²) in [5.41, 5.74) is 1.24. The Kier molecular flexibility index (Phi) is 3.48. The first-order chi connectivity index (χ1) is 5.65. The number of halogens is 1. The Morgan fingerprint density at radius 1 is 1.50 bits per heavy atom. The van der Waals surface area contributed by atoms with Crippen LogP contribution in [-0.4, -0.2) is 0 Å². The Morgan fingerprint density at radius 3 is 2.75 bits per heavy atom. The molecule has 2 heteroatoms. The number of hydrogen-bond acceptors (Lipinski definition) is 1. The van der Waals surface area contributed by atoms with E-state index >= 15 is 0 Å². The Bertz CT molecular complexity index is 271.